The van der Waals surface area contributed by atoms with Gasteiger partial charge in [0.2, 0.25) is 11.8 Å². The molecule has 0 bridgehead atoms. The Kier molecular flexibility index (Phi) is 8.40. The van der Waals surface area contributed by atoms with Crippen molar-refractivity contribution in [3.63, 3.8) is 0 Å². The number of nitrogens with one attached hydrogen (secondary N) is 2. The van der Waals surface area contributed by atoms with Gasteiger partial charge in [-0.2, -0.15) is 0 Å². The monoisotopic (exact) mass is 243 g/mol. The lowest BCUT2D eigenvalue weighted by Gasteiger charge is -2.19. The molecule has 0 rings (SSSR count). The summed E-state index contributed by atoms with van der Waals surface area (Å²) in [5.41, 5.74) is 5.03. The second kappa shape index (κ2) is 8.98. The van der Waals surface area contributed by atoms with Crippen molar-refractivity contribution in [3.8, 4) is 0 Å². The summed E-state index contributed by atoms with van der Waals surface area (Å²) in [6.45, 7) is 6.56. The second-order valence-electron chi connectivity index (χ2n) is 4.27. The number of nitrogens with two attached hydrogens (primary N) is 1. The van der Waals surface area contributed by atoms with Gasteiger partial charge >= 0.3 is 0 Å². The molecule has 0 aliphatic heterocycles. The molecule has 5 heteroatoms. The number of primary amides is 1. The molecule has 0 saturated carbocycles. The first-order valence-electron chi connectivity index (χ1n) is 6.33. The van der Waals surface area contributed by atoms with Crippen molar-refractivity contribution >= 4 is 11.8 Å². The van der Waals surface area contributed by atoms with Gasteiger partial charge in [0.25, 0.3) is 0 Å². The molecular weight excluding hydrogens is 218 g/mol. The summed E-state index contributed by atoms with van der Waals surface area (Å²) in [7, 11) is 0. The first-order chi connectivity index (χ1) is 8.01. The van der Waals surface area contributed by atoms with Crippen molar-refractivity contribution in [2.45, 2.75) is 58.5 Å². The first kappa shape index (κ1) is 15.9. The predicted molar refractivity (Wildman–Crippen MR) is 68.4 cm³/mol. The maximum Gasteiger partial charge on any atom is 0.237 e. The van der Waals surface area contributed by atoms with E-state index in [1.807, 2.05) is 6.92 Å². The van der Waals surface area contributed by atoms with E-state index in [0.717, 1.165) is 12.8 Å². The molecule has 0 saturated heterocycles. The van der Waals surface area contributed by atoms with Gasteiger partial charge in [0.15, 0.2) is 0 Å². The van der Waals surface area contributed by atoms with Gasteiger partial charge in [-0.15, -0.1) is 0 Å². The van der Waals surface area contributed by atoms with Crippen molar-refractivity contribution in [1.82, 2.24) is 10.6 Å². The number of carbonyl (C=O) groups excluding carboxylic acids is 2. The highest BCUT2D eigenvalue weighted by Gasteiger charge is 2.14. The summed E-state index contributed by atoms with van der Waals surface area (Å²) in [5, 5.41) is 6.04. The Morgan fingerprint density at radius 2 is 1.82 bits per heavy atom. The van der Waals surface area contributed by atoms with Gasteiger partial charge < -0.3 is 16.4 Å². The summed E-state index contributed by atoms with van der Waals surface area (Å²) < 4.78 is 0. The van der Waals surface area contributed by atoms with Crippen LogP contribution in [0.4, 0.5) is 0 Å². The molecule has 0 fully saturated rings. The summed E-state index contributed by atoms with van der Waals surface area (Å²) >= 11 is 0. The summed E-state index contributed by atoms with van der Waals surface area (Å²) in [6.07, 6.45) is 2.90. The average Bonchev–Trinajstić information content (AvgIpc) is 2.30. The largest absolute Gasteiger partial charge is 0.370 e. The van der Waals surface area contributed by atoms with Crippen LogP contribution < -0.4 is 16.4 Å². The van der Waals surface area contributed by atoms with E-state index in [1.165, 1.54) is 0 Å². The highest BCUT2D eigenvalue weighted by atomic mass is 16.2. The highest BCUT2D eigenvalue weighted by molar-refractivity contribution is 5.81. The predicted octanol–water partition coefficient (Wildman–Crippen LogP) is 0.535. The lowest BCUT2D eigenvalue weighted by atomic mass is 10.1. The maximum absolute atomic E-state index is 11.7. The van der Waals surface area contributed by atoms with Crippen molar-refractivity contribution < 1.29 is 9.59 Å². The lowest BCUT2D eigenvalue weighted by Crippen LogP contribution is -2.46. The molecule has 0 aromatic carbocycles. The fourth-order valence-electron chi connectivity index (χ4n) is 1.49. The SMILES string of the molecule is CCC(CC)NC(=O)C(C)NCCCC(N)=O. The number of hydrogen-bond donors (Lipinski definition) is 3. The molecule has 1 unspecified atom stereocenters. The number of rotatable bonds is 9. The van der Waals surface area contributed by atoms with E-state index in [2.05, 4.69) is 24.5 Å². The van der Waals surface area contributed by atoms with Crippen LogP contribution in [0.15, 0.2) is 0 Å². The average molecular weight is 243 g/mol. The number of hydrogen-bond acceptors (Lipinski definition) is 3. The molecule has 0 heterocycles. The zero-order valence-corrected chi connectivity index (χ0v) is 11.1. The van der Waals surface area contributed by atoms with E-state index >= 15 is 0 Å². The van der Waals surface area contributed by atoms with Crippen LogP contribution >= 0.6 is 0 Å². The summed E-state index contributed by atoms with van der Waals surface area (Å²) in [4.78, 5) is 22.3. The zero-order valence-electron chi connectivity index (χ0n) is 11.1. The van der Waals surface area contributed by atoms with Gasteiger partial charge in [0, 0.05) is 12.5 Å². The highest BCUT2D eigenvalue weighted by Crippen LogP contribution is 1.97. The van der Waals surface area contributed by atoms with Gasteiger partial charge in [0.1, 0.15) is 0 Å². The minimum Gasteiger partial charge on any atom is -0.370 e. The molecule has 0 aliphatic carbocycles. The molecule has 100 valence electrons. The van der Waals surface area contributed by atoms with Gasteiger partial charge in [-0.25, -0.2) is 0 Å². The third kappa shape index (κ3) is 7.74. The quantitative estimate of drug-likeness (QED) is 0.517. The molecule has 0 aromatic rings. The normalized spacial score (nSPS) is 12.5. The smallest absolute Gasteiger partial charge is 0.237 e. The third-order valence-electron chi connectivity index (χ3n) is 2.78. The lowest BCUT2D eigenvalue weighted by molar-refractivity contribution is -0.123. The zero-order chi connectivity index (χ0) is 13.3. The standard InChI is InChI=1S/C12H25N3O2/c1-4-10(5-2)15-12(17)9(3)14-8-6-7-11(13)16/h9-10,14H,4-8H2,1-3H3,(H2,13,16)(H,15,17). The van der Waals surface area contributed by atoms with Crippen molar-refractivity contribution in [1.29, 1.82) is 0 Å². The molecule has 2 amide bonds. The summed E-state index contributed by atoms with van der Waals surface area (Å²) in [6, 6.07) is 0.0147. The molecule has 0 aromatic heterocycles. The first-order valence-corrected chi connectivity index (χ1v) is 6.33. The van der Waals surface area contributed by atoms with E-state index in [1.54, 1.807) is 0 Å². The molecule has 0 radical (unpaired) electrons. The van der Waals surface area contributed by atoms with E-state index in [4.69, 9.17) is 5.73 Å². The molecule has 4 N–H and O–H groups in total. The third-order valence-corrected chi connectivity index (χ3v) is 2.78. The van der Waals surface area contributed by atoms with Gasteiger partial charge in [-0.1, -0.05) is 13.8 Å². The molecular formula is C12H25N3O2. The van der Waals surface area contributed by atoms with Crippen molar-refractivity contribution in [3.05, 3.63) is 0 Å². The second-order valence-corrected chi connectivity index (χ2v) is 4.27. The Labute approximate surface area is 104 Å². The number of carbonyl (C=O) groups is 2. The number of amides is 2. The minimum absolute atomic E-state index is 0.0118. The van der Waals surface area contributed by atoms with Gasteiger partial charge in [-0.05, 0) is 32.7 Å². The molecule has 0 spiro atoms. The minimum atomic E-state index is -0.305. The molecule has 5 nitrogen and oxygen atoms in total. The van der Waals surface area contributed by atoms with Gasteiger partial charge in [0.05, 0.1) is 6.04 Å². The Balaban J connectivity index is 3.77. The van der Waals surface area contributed by atoms with Crippen LogP contribution in [0, 0.1) is 0 Å². The fourth-order valence-corrected chi connectivity index (χ4v) is 1.49. The van der Waals surface area contributed by atoms with Crippen LogP contribution in [-0.4, -0.2) is 30.4 Å². The van der Waals surface area contributed by atoms with Gasteiger partial charge in [-0.3, -0.25) is 9.59 Å². The van der Waals surface area contributed by atoms with E-state index in [0.29, 0.717) is 19.4 Å². The Morgan fingerprint density at radius 1 is 1.24 bits per heavy atom. The molecule has 0 aliphatic rings. The van der Waals surface area contributed by atoms with E-state index < -0.39 is 0 Å². The maximum atomic E-state index is 11.7. The van der Waals surface area contributed by atoms with Crippen molar-refractivity contribution in [2.75, 3.05) is 6.54 Å². The molecule has 17 heavy (non-hydrogen) atoms. The Hall–Kier alpha value is -1.10. The van der Waals surface area contributed by atoms with E-state index in [-0.39, 0.29) is 23.9 Å². The van der Waals surface area contributed by atoms with Crippen molar-refractivity contribution in [2.24, 2.45) is 5.73 Å². The van der Waals surface area contributed by atoms with Crippen LogP contribution in [0.25, 0.3) is 0 Å². The summed E-state index contributed by atoms with van der Waals surface area (Å²) in [5.74, 6) is -0.293. The van der Waals surface area contributed by atoms with Crippen LogP contribution in [0.1, 0.15) is 46.5 Å². The van der Waals surface area contributed by atoms with E-state index in [9.17, 15) is 9.59 Å². The van der Waals surface area contributed by atoms with Crippen LogP contribution in [0.5, 0.6) is 0 Å². The Bertz CT molecular complexity index is 240. The topological polar surface area (TPSA) is 84.2 Å². The molecule has 1 atom stereocenters. The fraction of sp³-hybridized carbons (Fsp3) is 0.833. The van der Waals surface area contributed by atoms with Crippen LogP contribution in [-0.2, 0) is 9.59 Å². The Morgan fingerprint density at radius 3 is 2.29 bits per heavy atom. The van der Waals surface area contributed by atoms with Crippen LogP contribution in [0.3, 0.4) is 0 Å². The van der Waals surface area contributed by atoms with Crippen LogP contribution in [0.2, 0.25) is 0 Å².